The number of rotatable bonds is 0. The maximum absolute atomic E-state index is 9.76. The molecule has 0 saturated heterocycles. The molecule has 1 nitrogen and oxygen atoms in total. The molecule has 0 heterocycles. The van der Waals surface area contributed by atoms with Gasteiger partial charge in [-0.1, -0.05) is 0 Å². The summed E-state index contributed by atoms with van der Waals surface area (Å²) in [6.45, 7) is 3.80. The van der Waals surface area contributed by atoms with E-state index in [0.717, 1.165) is 3.90 Å². The molecular formula is C3H6OW. The van der Waals surface area contributed by atoms with E-state index >= 15 is 0 Å². The van der Waals surface area contributed by atoms with Crippen LogP contribution in [0.15, 0.2) is 0 Å². The molecule has 0 aliphatic heterocycles. The van der Waals surface area contributed by atoms with Crippen LogP contribution in [0.5, 0.6) is 0 Å². The second-order valence-electron chi connectivity index (χ2n) is 0.992. The summed E-state index contributed by atoms with van der Waals surface area (Å²) in [6, 6.07) is 0. The summed E-state index contributed by atoms with van der Waals surface area (Å²) in [6.07, 6.45) is 0. The van der Waals surface area contributed by atoms with E-state index < -0.39 is 18.1 Å². The second kappa shape index (κ2) is 2.59. The first kappa shape index (κ1) is 5.36. The standard InChI is InChI=1S/C3H6.O.W/c1-3-2;;/h1-2H3;;. The van der Waals surface area contributed by atoms with Gasteiger partial charge in [-0.05, 0) is 0 Å². The van der Waals surface area contributed by atoms with Gasteiger partial charge in [0, 0.05) is 0 Å². The molecule has 0 saturated carbocycles. The van der Waals surface area contributed by atoms with Crippen LogP contribution in [0.4, 0.5) is 0 Å². The van der Waals surface area contributed by atoms with Crippen LogP contribution in [-0.4, -0.2) is 3.90 Å². The van der Waals surface area contributed by atoms with Crippen molar-refractivity contribution in [2.45, 2.75) is 13.8 Å². The zero-order valence-electron chi connectivity index (χ0n) is 3.32. The van der Waals surface area contributed by atoms with Gasteiger partial charge < -0.3 is 0 Å². The van der Waals surface area contributed by atoms with E-state index in [4.69, 9.17) is 0 Å². The molecule has 0 bridgehead atoms. The summed E-state index contributed by atoms with van der Waals surface area (Å²) in [4.78, 5) is 0. The third-order valence-corrected chi connectivity index (χ3v) is 1.36. The minimum absolute atomic E-state index is 1.12. The van der Waals surface area contributed by atoms with Gasteiger partial charge in [0.05, 0.1) is 0 Å². The summed E-state index contributed by atoms with van der Waals surface area (Å²) >= 11 is -1.18. The quantitative estimate of drug-likeness (QED) is 0.608. The summed E-state index contributed by atoms with van der Waals surface area (Å²) in [5, 5.41) is 0. The Morgan fingerprint density at radius 2 is 1.80 bits per heavy atom. The van der Waals surface area contributed by atoms with Gasteiger partial charge >= 0.3 is 39.2 Å². The Hall–Kier alpha value is 0.358. The predicted molar refractivity (Wildman–Crippen MR) is 17.0 cm³/mol. The van der Waals surface area contributed by atoms with Crippen LogP contribution in [0.25, 0.3) is 0 Å². The van der Waals surface area contributed by atoms with E-state index in [2.05, 4.69) is 0 Å². The van der Waals surface area contributed by atoms with Gasteiger partial charge in [0.25, 0.3) is 0 Å². The average molecular weight is 242 g/mol. The van der Waals surface area contributed by atoms with Gasteiger partial charge in [-0.2, -0.15) is 0 Å². The van der Waals surface area contributed by atoms with Gasteiger partial charge in [0.2, 0.25) is 0 Å². The van der Waals surface area contributed by atoms with Crippen molar-refractivity contribution < 1.29 is 21.5 Å². The Balaban J connectivity index is 3.60. The van der Waals surface area contributed by atoms with Gasteiger partial charge in [-0.3, -0.25) is 0 Å². The molecule has 5 heavy (non-hydrogen) atoms. The van der Waals surface area contributed by atoms with Gasteiger partial charge in [0.1, 0.15) is 0 Å². The fourth-order valence-electron chi connectivity index (χ4n) is 0. The minimum atomic E-state index is -1.18. The molecule has 0 radical (unpaired) electrons. The molecule has 0 unspecified atom stereocenters. The Bertz CT molecular complexity index is 67.0. The fraction of sp³-hybridized carbons (Fsp3) is 0.667. The molecule has 0 N–H and O–H groups in total. The number of hydrogen-bond acceptors (Lipinski definition) is 1. The van der Waals surface area contributed by atoms with Crippen molar-refractivity contribution in [2.75, 3.05) is 0 Å². The van der Waals surface area contributed by atoms with Crippen molar-refractivity contribution in [2.24, 2.45) is 0 Å². The molecule has 0 amide bonds. The normalized spacial score (nSPS) is 6.80. The van der Waals surface area contributed by atoms with Gasteiger partial charge in [-0.25, -0.2) is 0 Å². The Kier molecular flexibility index (Phi) is 2.77. The van der Waals surface area contributed by atoms with E-state index in [-0.39, 0.29) is 0 Å². The predicted octanol–water partition coefficient (Wildman–Crippen LogP) is 0.627. The SMILES string of the molecule is C[C](C)=[W]=[O]. The average Bonchev–Trinajstić information content (AvgIpc) is 1.38. The van der Waals surface area contributed by atoms with Crippen LogP contribution < -0.4 is 0 Å². The molecule has 0 spiro atoms. The van der Waals surface area contributed by atoms with Crippen molar-refractivity contribution in [3.63, 3.8) is 0 Å². The van der Waals surface area contributed by atoms with Crippen molar-refractivity contribution in [3.05, 3.63) is 0 Å². The third-order valence-electron chi connectivity index (χ3n) is 0.167. The van der Waals surface area contributed by atoms with E-state index in [9.17, 15) is 3.40 Å². The van der Waals surface area contributed by atoms with Crippen molar-refractivity contribution in [3.8, 4) is 0 Å². The summed E-state index contributed by atoms with van der Waals surface area (Å²) < 4.78 is 10.9. The molecule has 0 aromatic carbocycles. The Morgan fingerprint density at radius 3 is 1.80 bits per heavy atom. The maximum atomic E-state index is 9.76. The van der Waals surface area contributed by atoms with E-state index in [0.29, 0.717) is 0 Å². The summed E-state index contributed by atoms with van der Waals surface area (Å²) in [5.74, 6) is 0. The van der Waals surface area contributed by atoms with Crippen LogP contribution >= 0.6 is 0 Å². The van der Waals surface area contributed by atoms with Crippen molar-refractivity contribution in [1.82, 2.24) is 0 Å². The first-order valence-electron chi connectivity index (χ1n) is 1.37. The van der Waals surface area contributed by atoms with Gasteiger partial charge in [0.15, 0.2) is 0 Å². The van der Waals surface area contributed by atoms with Gasteiger partial charge in [-0.15, -0.1) is 0 Å². The monoisotopic (exact) mass is 242 g/mol. The zero-order chi connectivity index (χ0) is 4.28. The van der Waals surface area contributed by atoms with Crippen LogP contribution in [0.1, 0.15) is 13.8 Å². The topological polar surface area (TPSA) is 17.1 Å². The van der Waals surface area contributed by atoms with Crippen LogP contribution in [-0.2, 0) is 21.5 Å². The first-order chi connectivity index (χ1) is 2.27. The summed E-state index contributed by atoms with van der Waals surface area (Å²) in [5.41, 5.74) is 0. The number of hydrogen-bond donors (Lipinski definition) is 0. The molecule has 30 valence electrons. The molecule has 0 aliphatic rings. The fourth-order valence-corrected chi connectivity index (χ4v) is 0. The molecule has 0 aromatic heterocycles. The summed E-state index contributed by atoms with van der Waals surface area (Å²) in [7, 11) is 0. The first-order valence-corrected chi connectivity index (χ1v) is 4.04. The Labute approximate surface area is 39.7 Å². The molecule has 2 heteroatoms. The van der Waals surface area contributed by atoms with Crippen molar-refractivity contribution in [1.29, 1.82) is 0 Å². The van der Waals surface area contributed by atoms with E-state index in [1.807, 2.05) is 13.8 Å². The molecule has 0 aliphatic carbocycles. The molecule has 0 aromatic rings. The molecule has 0 atom stereocenters. The second-order valence-corrected chi connectivity index (χ2v) is 4.52. The third kappa shape index (κ3) is 4.36. The zero-order valence-corrected chi connectivity index (χ0v) is 6.25. The Morgan fingerprint density at radius 1 is 1.60 bits per heavy atom. The molecule has 0 fully saturated rings. The molecular weight excluding hydrogens is 236 g/mol. The van der Waals surface area contributed by atoms with Crippen molar-refractivity contribution >= 4 is 3.90 Å². The van der Waals surface area contributed by atoms with Crippen LogP contribution in [0.2, 0.25) is 0 Å². The van der Waals surface area contributed by atoms with Crippen LogP contribution in [0, 0.1) is 0 Å². The van der Waals surface area contributed by atoms with E-state index in [1.54, 1.807) is 0 Å². The molecule has 0 rings (SSSR count). The van der Waals surface area contributed by atoms with E-state index in [1.165, 1.54) is 0 Å². The van der Waals surface area contributed by atoms with Crippen LogP contribution in [0.3, 0.4) is 0 Å².